The first kappa shape index (κ1) is 14.0. The average Bonchev–Trinajstić information content (AvgIpc) is 2.40. The van der Waals surface area contributed by atoms with E-state index in [9.17, 15) is 20.1 Å². The van der Waals surface area contributed by atoms with Crippen LogP contribution in [0, 0.1) is 0 Å². The maximum absolute atomic E-state index is 11.1. The second-order valence-corrected chi connectivity index (χ2v) is 4.58. The Balaban J connectivity index is 2.03. The number of aliphatic hydroxyl groups is 3. The number of nitrogens with one attached hydrogen (secondary N) is 1. The fourth-order valence-electron chi connectivity index (χ4n) is 1.90. The van der Waals surface area contributed by atoms with Gasteiger partial charge in [0, 0.05) is 11.3 Å². The molecule has 1 aromatic carbocycles. The topological polar surface area (TPSA) is 99.0 Å². The molecule has 104 valence electrons. The summed E-state index contributed by atoms with van der Waals surface area (Å²) in [4.78, 5) is 11.1. The highest BCUT2D eigenvalue weighted by Gasteiger charge is 2.37. The number of Topliss-reactive ketones (excluding diaryl/α,β-unsaturated/α-hetero) is 1. The number of ketones is 1. The predicted octanol–water partition coefficient (Wildman–Crippen LogP) is -0.260. The van der Waals surface area contributed by atoms with Gasteiger partial charge in [-0.1, -0.05) is 0 Å². The lowest BCUT2D eigenvalue weighted by Gasteiger charge is -2.35. The molecule has 1 fully saturated rings. The summed E-state index contributed by atoms with van der Waals surface area (Å²) in [7, 11) is 0. The normalized spacial score (nSPS) is 30.9. The van der Waals surface area contributed by atoms with Crippen LogP contribution in [0.1, 0.15) is 17.3 Å². The number of hydrogen-bond acceptors (Lipinski definition) is 6. The van der Waals surface area contributed by atoms with Gasteiger partial charge in [0.05, 0.1) is 6.61 Å². The number of benzene rings is 1. The second-order valence-electron chi connectivity index (χ2n) is 4.58. The number of carbonyl (C=O) groups excluding carboxylic acids is 1. The van der Waals surface area contributed by atoms with Crippen molar-refractivity contribution in [3.05, 3.63) is 29.8 Å². The minimum atomic E-state index is -1.25. The van der Waals surface area contributed by atoms with Gasteiger partial charge in [0.2, 0.25) is 0 Å². The molecule has 1 aliphatic heterocycles. The van der Waals surface area contributed by atoms with Gasteiger partial charge < -0.3 is 25.4 Å². The Kier molecular flexibility index (Phi) is 4.16. The zero-order chi connectivity index (χ0) is 14.0. The van der Waals surface area contributed by atoms with Crippen LogP contribution in [0.15, 0.2) is 24.3 Å². The molecule has 2 rings (SSSR count). The summed E-state index contributed by atoms with van der Waals surface area (Å²) < 4.78 is 5.22. The molecule has 0 aliphatic carbocycles. The van der Waals surface area contributed by atoms with Crippen LogP contribution < -0.4 is 5.32 Å². The van der Waals surface area contributed by atoms with E-state index in [0.29, 0.717) is 11.3 Å². The Labute approximate surface area is 110 Å². The summed E-state index contributed by atoms with van der Waals surface area (Å²) in [6.07, 6.45) is -4.37. The van der Waals surface area contributed by atoms with E-state index < -0.39 is 24.5 Å². The van der Waals surface area contributed by atoms with Crippen LogP contribution in [0.2, 0.25) is 0 Å². The molecule has 0 aromatic heterocycles. The van der Waals surface area contributed by atoms with E-state index in [0.717, 1.165) is 0 Å². The molecule has 1 heterocycles. The molecular weight excluding hydrogens is 250 g/mol. The Hall–Kier alpha value is -1.47. The van der Waals surface area contributed by atoms with Crippen molar-refractivity contribution in [2.45, 2.75) is 31.5 Å². The number of rotatable bonds is 3. The minimum absolute atomic E-state index is 0.0287. The lowest BCUT2D eigenvalue weighted by atomic mass is 10.0. The lowest BCUT2D eigenvalue weighted by Crippen LogP contribution is -2.55. The number of ether oxygens (including phenoxy) is 1. The van der Waals surface area contributed by atoms with E-state index in [1.165, 1.54) is 6.92 Å². The molecule has 1 saturated heterocycles. The first-order valence-electron chi connectivity index (χ1n) is 6.02. The molecule has 6 heteroatoms. The van der Waals surface area contributed by atoms with Crippen molar-refractivity contribution in [3.63, 3.8) is 0 Å². The van der Waals surface area contributed by atoms with Crippen molar-refractivity contribution < 1.29 is 24.9 Å². The number of anilines is 1. The summed E-state index contributed by atoms with van der Waals surface area (Å²) in [5.74, 6) is -0.0287. The van der Waals surface area contributed by atoms with Gasteiger partial charge in [-0.2, -0.15) is 0 Å². The monoisotopic (exact) mass is 267 g/mol. The first-order valence-corrected chi connectivity index (χ1v) is 6.02. The molecule has 0 unspecified atom stereocenters. The van der Waals surface area contributed by atoms with E-state index in [1.54, 1.807) is 24.3 Å². The Morgan fingerprint density at radius 2 is 1.84 bits per heavy atom. The molecule has 4 N–H and O–H groups in total. The third kappa shape index (κ3) is 3.10. The quantitative estimate of drug-likeness (QED) is 0.563. The minimum Gasteiger partial charge on any atom is -0.388 e. The number of carbonyl (C=O) groups is 1. The van der Waals surface area contributed by atoms with Crippen LogP contribution in [-0.4, -0.2) is 52.2 Å². The van der Waals surface area contributed by atoms with Crippen molar-refractivity contribution in [1.29, 1.82) is 0 Å². The Bertz CT molecular complexity index is 447. The molecule has 0 spiro atoms. The highest BCUT2D eigenvalue weighted by molar-refractivity contribution is 5.94. The SMILES string of the molecule is CC(=O)c1ccc(N[C@@H]2OC[C@H](O)[C@H](O)[C@H]2O)cc1. The number of aliphatic hydroxyl groups excluding tert-OH is 3. The molecule has 0 bridgehead atoms. The largest absolute Gasteiger partial charge is 0.388 e. The van der Waals surface area contributed by atoms with Gasteiger partial charge >= 0.3 is 0 Å². The maximum atomic E-state index is 11.1. The Morgan fingerprint density at radius 1 is 1.21 bits per heavy atom. The van der Waals surface area contributed by atoms with Gasteiger partial charge in [0.1, 0.15) is 18.3 Å². The van der Waals surface area contributed by atoms with Crippen molar-refractivity contribution >= 4 is 11.5 Å². The third-order valence-corrected chi connectivity index (χ3v) is 3.10. The maximum Gasteiger partial charge on any atom is 0.159 e. The molecule has 0 saturated carbocycles. The van der Waals surface area contributed by atoms with Gasteiger partial charge in [-0.05, 0) is 31.2 Å². The van der Waals surface area contributed by atoms with Crippen LogP contribution >= 0.6 is 0 Å². The summed E-state index contributed by atoms with van der Waals surface area (Å²) >= 11 is 0. The van der Waals surface area contributed by atoms with E-state index in [1.807, 2.05) is 0 Å². The molecule has 4 atom stereocenters. The summed E-state index contributed by atoms with van der Waals surface area (Å²) in [6.45, 7) is 1.43. The highest BCUT2D eigenvalue weighted by Crippen LogP contribution is 2.19. The zero-order valence-corrected chi connectivity index (χ0v) is 10.5. The van der Waals surface area contributed by atoms with E-state index in [4.69, 9.17) is 4.74 Å². The van der Waals surface area contributed by atoms with E-state index in [-0.39, 0.29) is 12.4 Å². The summed E-state index contributed by atoms with van der Waals surface area (Å²) in [5.41, 5.74) is 1.24. The molecule has 1 aromatic rings. The van der Waals surface area contributed by atoms with Crippen molar-refractivity contribution in [2.24, 2.45) is 0 Å². The summed E-state index contributed by atoms with van der Waals surface area (Å²) in [5, 5.41) is 31.5. The van der Waals surface area contributed by atoms with Crippen LogP contribution in [0.4, 0.5) is 5.69 Å². The first-order chi connectivity index (χ1) is 8.99. The molecule has 6 nitrogen and oxygen atoms in total. The number of hydrogen-bond donors (Lipinski definition) is 4. The van der Waals surface area contributed by atoms with E-state index >= 15 is 0 Å². The fourth-order valence-corrected chi connectivity index (χ4v) is 1.90. The van der Waals surface area contributed by atoms with Gasteiger partial charge in [-0.3, -0.25) is 4.79 Å². The molecule has 19 heavy (non-hydrogen) atoms. The van der Waals surface area contributed by atoms with Gasteiger partial charge in [-0.15, -0.1) is 0 Å². The standard InChI is InChI=1S/C13H17NO5/c1-7(15)8-2-4-9(5-3-8)14-13-12(18)11(17)10(16)6-19-13/h2-5,10-14,16-18H,6H2,1H3/t10-,11-,12+,13+/m0/s1. The van der Waals surface area contributed by atoms with Crippen LogP contribution in [0.3, 0.4) is 0 Å². The van der Waals surface area contributed by atoms with Gasteiger partial charge in [-0.25, -0.2) is 0 Å². The summed E-state index contributed by atoms with van der Waals surface area (Å²) in [6, 6.07) is 6.69. The fraction of sp³-hybridized carbons (Fsp3) is 0.462. The third-order valence-electron chi connectivity index (χ3n) is 3.10. The highest BCUT2D eigenvalue weighted by atomic mass is 16.5. The molecule has 1 aliphatic rings. The van der Waals surface area contributed by atoms with Crippen LogP contribution in [0.5, 0.6) is 0 Å². The zero-order valence-electron chi connectivity index (χ0n) is 10.5. The predicted molar refractivity (Wildman–Crippen MR) is 67.8 cm³/mol. The van der Waals surface area contributed by atoms with Crippen molar-refractivity contribution in [3.8, 4) is 0 Å². The molecule has 0 amide bonds. The van der Waals surface area contributed by atoms with Gasteiger partial charge in [0.25, 0.3) is 0 Å². The van der Waals surface area contributed by atoms with Crippen LogP contribution in [-0.2, 0) is 4.74 Å². The molecule has 0 radical (unpaired) electrons. The average molecular weight is 267 g/mol. The van der Waals surface area contributed by atoms with Crippen LogP contribution in [0.25, 0.3) is 0 Å². The smallest absolute Gasteiger partial charge is 0.159 e. The van der Waals surface area contributed by atoms with E-state index in [2.05, 4.69) is 5.32 Å². The molecular formula is C13H17NO5. The van der Waals surface area contributed by atoms with Gasteiger partial charge in [0.15, 0.2) is 12.0 Å². The van der Waals surface area contributed by atoms with Crippen molar-refractivity contribution in [1.82, 2.24) is 0 Å². The Morgan fingerprint density at radius 3 is 2.42 bits per heavy atom. The van der Waals surface area contributed by atoms with Crippen molar-refractivity contribution in [2.75, 3.05) is 11.9 Å². The lowest BCUT2D eigenvalue weighted by molar-refractivity contribution is -0.178. The second kappa shape index (κ2) is 5.66.